The maximum absolute atomic E-state index is 12.4. The van der Waals surface area contributed by atoms with E-state index in [1.54, 1.807) is 6.07 Å². The van der Waals surface area contributed by atoms with E-state index < -0.39 is 0 Å². The van der Waals surface area contributed by atoms with Gasteiger partial charge in [0.2, 0.25) is 5.91 Å². The van der Waals surface area contributed by atoms with Gasteiger partial charge in [0.05, 0.1) is 18.7 Å². The minimum atomic E-state index is -0.234. The van der Waals surface area contributed by atoms with E-state index >= 15 is 0 Å². The summed E-state index contributed by atoms with van der Waals surface area (Å²) in [5.74, 6) is 0.406. The van der Waals surface area contributed by atoms with Crippen LogP contribution in [-0.2, 0) is 4.79 Å². The Balaban J connectivity index is 1.95. The smallest absolute Gasteiger partial charge is 0.220 e. The van der Waals surface area contributed by atoms with Crippen LogP contribution in [0.5, 0.6) is 5.75 Å². The predicted octanol–water partition coefficient (Wildman–Crippen LogP) is 1.47. The van der Waals surface area contributed by atoms with Crippen molar-refractivity contribution in [1.29, 1.82) is 0 Å². The maximum Gasteiger partial charge on any atom is 0.220 e. The molecule has 114 valence electrons. The Hall–Kier alpha value is -1.88. The highest BCUT2D eigenvalue weighted by Gasteiger charge is 2.25. The number of hydrogen-bond acceptors (Lipinski definition) is 4. The number of ether oxygens (including phenoxy) is 1. The van der Waals surface area contributed by atoms with Crippen LogP contribution in [0.25, 0.3) is 0 Å². The molecule has 21 heavy (non-hydrogen) atoms. The van der Waals surface area contributed by atoms with Gasteiger partial charge in [-0.15, -0.1) is 0 Å². The van der Waals surface area contributed by atoms with Crippen LogP contribution >= 0.6 is 0 Å². The molecule has 0 radical (unpaired) electrons. The number of ketones is 1. The van der Waals surface area contributed by atoms with Crippen molar-refractivity contribution in [3.05, 3.63) is 29.8 Å². The molecule has 2 rings (SSSR count). The summed E-state index contributed by atoms with van der Waals surface area (Å²) in [6.45, 7) is 4.26. The maximum atomic E-state index is 12.4. The Morgan fingerprint density at radius 2 is 1.95 bits per heavy atom. The molecule has 2 N–H and O–H groups in total. The summed E-state index contributed by atoms with van der Waals surface area (Å²) in [7, 11) is 0. The van der Waals surface area contributed by atoms with E-state index in [-0.39, 0.29) is 17.6 Å². The summed E-state index contributed by atoms with van der Waals surface area (Å²) in [5.41, 5.74) is 5.94. The van der Waals surface area contributed by atoms with E-state index in [0.717, 1.165) is 25.9 Å². The highest BCUT2D eigenvalue weighted by atomic mass is 16.5. The zero-order chi connectivity index (χ0) is 15.2. The van der Waals surface area contributed by atoms with Crippen molar-refractivity contribution >= 4 is 11.7 Å². The molecule has 1 saturated heterocycles. The molecular formula is C16H22N2O3. The number of likely N-dealkylation sites (tertiary alicyclic amines) is 1. The third-order valence-corrected chi connectivity index (χ3v) is 3.84. The van der Waals surface area contributed by atoms with Gasteiger partial charge < -0.3 is 10.5 Å². The van der Waals surface area contributed by atoms with Gasteiger partial charge in [0.1, 0.15) is 5.75 Å². The lowest BCUT2D eigenvalue weighted by Gasteiger charge is -2.29. The van der Waals surface area contributed by atoms with Gasteiger partial charge in [0, 0.05) is 5.92 Å². The quantitative estimate of drug-likeness (QED) is 0.805. The van der Waals surface area contributed by atoms with E-state index in [4.69, 9.17) is 10.5 Å². The molecule has 1 heterocycles. The van der Waals surface area contributed by atoms with Crippen LogP contribution in [0.2, 0.25) is 0 Å². The Morgan fingerprint density at radius 1 is 1.29 bits per heavy atom. The Labute approximate surface area is 125 Å². The lowest BCUT2D eigenvalue weighted by molar-refractivity contribution is -0.123. The summed E-state index contributed by atoms with van der Waals surface area (Å²) in [5, 5.41) is 0. The van der Waals surface area contributed by atoms with Gasteiger partial charge in [0.15, 0.2) is 5.78 Å². The number of para-hydroxylation sites is 1. The molecule has 1 aliphatic rings. The molecular weight excluding hydrogens is 268 g/mol. The van der Waals surface area contributed by atoms with Gasteiger partial charge in [-0.1, -0.05) is 12.1 Å². The molecule has 0 bridgehead atoms. The number of carbonyl (C=O) groups excluding carboxylic acids is 2. The van der Waals surface area contributed by atoms with Crippen LogP contribution in [0.15, 0.2) is 24.3 Å². The third-order valence-electron chi connectivity index (χ3n) is 3.84. The number of hydrogen-bond donors (Lipinski definition) is 1. The largest absolute Gasteiger partial charge is 0.493 e. The number of Topliss-reactive ketones (excluding diaryl/α,β-unsaturated/α-hetero) is 1. The van der Waals surface area contributed by atoms with E-state index in [1.807, 2.05) is 25.1 Å². The topological polar surface area (TPSA) is 72.6 Å². The fraction of sp³-hybridized carbons (Fsp3) is 0.500. The van der Waals surface area contributed by atoms with E-state index in [2.05, 4.69) is 4.90 Å². The van der Waals surface area contributed by atoms with Gasteiger partial charge in [-0.2, -0.15) is 0 Å². The zero-order valence-corrected chi connectivity index (χ0v) is 12.4. The lowest BCUT2D eigenvalue weighted by Crippen LogP contribution is -2.40. The molecule has 1 aromatic rings. The second kappa shape index (κ2) is 7.22. The van der Waals surface area contributed by atoms with Gasteiger partial charge in [-0.05, 0) is 45.0 Å². The lowest BCUT2D eigenvalue weighted by atomic mass is 9.96. The molecule has 0 saturated carbocycles. The van der Waals surface area contributed by atoms with E-state index in [0.29, 0.717) is 24.5 Å². The van der Waals surface area contributed by atoms with Crippen molar-refractivity contribution in [2.75, 3.05) is 26.2 Å². The van der Waals surface area contributed by atoms with Crippen LogP contribution in [-0.4, -0.2) is 42.8 Å². The molecule has 1 aliphatic heterocycles. The van der Waals surface area contributed by atoms with Gasteiger partial charge in [0.25, 0.3) is 0 Å². The Kier molecular flexibility index (Phi) is 5.33. The van der Waals surface area contributed by atoms with Crippen molar-refractivity contribution < 1.29 is 14.3 Å². The normalized spacial score (nSPS) is 16.6. The van der Waals surface area contributed by atoms with Crippen LogP contribution in [0.1, 0.15) is 30.1 Å². The highest BCUT2D eigenvalue weighted by molar-refractivity contribution is 6.00. The number of primary amides is 1. The van der Waals surface area contributed by atoms with E-state index in [9.17, 15) is 9.59 Å². The fourth-order valence-electron chi connectivity index (χ4n) is 2.64. The third kappa shape index (κ3) is 4.04. The second-order valence-electron chi connectivity index (χ2n) is 5.31. The first-order valence-corrected chi connectivity index (χ1v) is 7.38. The first kappa shape index (κ1) is 15.5. The number of benzene rings is 1. The molecule has 0 atom stereocenters. The monoisotopic (exact) mass is 290 g/mol. The number of piperidine rings is 1. The van der Waals surface area contributed by atoms with Crippen molar-refractivity contribution in [3.63, 3.8) is 0 Å². The Bertz CT molecular complexity index is 508. The number of amides is 1. The van der Waals surface area contributed by atoms with Crippen LogP contribution < -0.4 is 10.5 Å². The second-order valence-corrected chi connectivity index (χ2v) is 5.31. The molecule has 0 aliphatic carbocycles. The Morgan fingerprint density at radius 3 is 2.57 bits per heavy atom. The molecule has 1 fully saturated rings. The number of rotatable bonds is 6. The average Bonchev–Trinajstić information content (AvgIpc) is 2.48. The molecule has 5 nitrogen and oxygen atoms in total. The minimum Gasteiger partial charge on any atom is -0.493 e. The van der Waals surface area contributed by atoms with Crippen LogP contribution in [0.4, 0.5) is 0 Å². The summed E-state index contributed by atoms with van der Waals surface area (Å²) < 4.78 is 5.50. The van der Waals surface area contributed by atoms with Crippen LogP contribution in [0, 0.1) is 5.92 Å². The van der Waals surface area contributed by atoms with Gasteiger partial charge in [-0.25, -0.2) is 0 Å². The SMILES string of the molecule is CCOc1ccccc1C(=O)CN1CCC(C(N)=O)CC1. The zero-order valence-electron chi connectivity index (χ0n) is 12.4. The molecule has 1 amide bonds. The number of nitrogens with two attached hydrogens (primary N) is 1. The van der Waals surface area contributed by atoms with Gasteiger partial charge in [-0.3, -0.25) is 14.5 Å². The standard InChI is InChI=1S/C16H22N2O3/c1-2-21-15-6-4-3-5-13(15)14(19)11-18-9-7-12(8-10-18)16(17)20/h3-6,12H,2,7-11H2,1H3,(H2,17,20). The summed E-state index contributed by atoms with van der Waals surface area (Å²) in [4.78, 5) is 25.6. The first-order chi connectivity index (χ1) is 10.1. The van der Waals surface area contributed by atoms with Crippen molar-refractivity contribution in [2.24, 2.45) is 11.7 Å². The first-order valence-electron chi connectivity index (χ1n) is 7.38. The molecule has 0 spiro atoms. The molecule has 0 aromatic heterocycles. The van der Waals surface area contributed by atoms with Crippen molar-refractivity contribution in [1.82, 2.24) is 4.90 Å². The molecule has 5 heteroatoms. The van der Waals surface area contributed by atoms with E-state index in [1.165, 1.54) is 0 Å². The molecule has 1 aromatic carbocycles. The number of nitrogens with zero attached hydrogens (tertiary/aromatic N) is 1. The summed E-state index contributed by atoms with van der Waals surface area (Å²) in [6.07, 6.45) is 1.46. The predicted molar refractivity (Wildman–Crippen MR) is 80.3 cm³/mol. The molecule has 0 unspecified atom stereocenters. The van der Waals surface area contributed by atoms with Crippen molar-refractivity contribution in [2.45, 2.75) is 19.8 Å². The number of carbonyl (C=O) groups is 2. The summed E-state index contributed by atoms with van der Waals surface area (Å²) >= 11 is 0. The summed E-state index contributed by atoms with van der Waals surface area (Å²) in [6, 6.07) is 7.31. The van der Waals surface area contributed by atoms with Crippen LogP contribution in [0.3, 0.4) is 0 Å². The minimum absolute atomic E-state index is 0.0490. The van der Waals surface area contributed by atoms with Crippen molar-refractivity contribution in [3.8, 4) is 5.75 Å². The highest BCUT2D eigenvalue weighted by Crippen LogP contribution is 2.21. The average molecular weight is 290 g/mol. The fourth-order valence-corrected chi connectivity index (χ4v) is 2.64. The van der Waals surface area contributed by atoms with Gasteiger partial charge >= 0.3 is 0 Å².